The molecule has 168 valence electrons. The molecule has 0 aromatic heterocycles. The summed E-state index contributed by atoms with van der Waals surface area (Å²) in [5.41, 5.74) is 1.67. The Kier molecular flexibility index (Phi) is 7.52. The monoisotopic (exact) mass is 485 g/mol. The minimum Gasteiger partial charge on any atom is -0.497 e. The van der Waals surface area contributed by atoms with Crippen LogP contribution in [0.25, 0.3) is 0 Å². The Morgan fingerprint density at radius 3 is 1.74 bits per heavy atom. The lowest BCUT2D eigenvalue weighted by molar-refractivity contribution is -0.128. The van der Waals surface area contributed by atoms with Crippen molar-refractivity contribution in [2.45, 2.75) is 30.3 Å². The highest BCUT2D eigenvalue weighted by atomic mass is 35.5. The topological polar surface area (TPSA) is 72.9 Å². The highest BCUT2D eigenvalue weighted by molar-refractivity contribution is 7.89. The molecule has 2 aromatic rings. The number of hydrogen-bond acceptors (Lipinski definition) is 5. The summed E-state index contributed by atoms with van der Waals surface area (Å²) in [6, 6.07) is 14.5. The van der Waals surface area contributed by atoms with E-state index in [4.69, 9.17) is 32.7 Å². The van der Waals surface area contributed by atoms with E-state index in [0.29, 0.717) is 11.5 Å². The van der Waals surface area contributed by atoms with E-state index < -0.39 is 14.4 Å². The molecular formula is C22H25Cl2NO5S. The maximum Gasteiger partial charge on any atom is 0.214 e. The van der Waals surface area contributed by atoms with Gasteiger partial charge in [-0.3, -0.25) is 4.79 Å². The second-order valence-electron chi connectivity index (χ2n) is 7.52. The average molecular weight is 486 g/mol. The number of benzene rings is 2. The van der Waals surface area contributed by atoms with E-state index in [9.17, 15) is 13.2 Å². The predicted molar refractivity (Wildman–Crippen MR) is 121 cm³/mol. The van der Waals surface area contributed by atoms with Crippen LogP contribution in [-0.4, -0.2) is 42.8 Å². The van der Waals surface area contributed by atoms with Gasteiger partial charge in [-0.25, -0.2) is 8.42 Å². The molecule has 3 rings (SSSR count). The summed E-state index contributed by atoms with van der Waals surface area (Å²) >= 11 is 12.1. The third-order valence-corrected chi connectivity index (χ3v) is 8.31. The minimum absolute atomic E-state index is 0.140. The van der Waals surface area contributed by atoms with Gasteiger partial charge in [-0.1, -0.05) is 47.5 Å². The van der Waals surface area contributed by atoms with Gasteiger partial charge in [0.2, 0.25) is 10.0 Å². The highest BCUT2D eigenvalue weighted by Crippen LogP contribution is 2.46. The minimum atomic E-state index is -3.65. The van der Waals surface area contributed by atoms with Crippen LogP contribution in [0.1, 0.15) is 24.0 Å². The van der Waals surface area contributed by atoms with Gasteiger partial charge in [0.05, 0.1) is 20.0 Å². The van der Waals surface area contributed by atoms with Crippen LogP contribution in [0, 0.1) is 5.92 Å². The largest absolute Gasteiger partial charge is 0.497 e. The fourth-order valence-electron chi connectivity index (χ4n) is 3.41. The van der Waals surface area contributed by atoms with E-state index in [2.05, 4.69) is 0 Å². The molecule has 1 saturated carbocycles. The molecule has 0 N–H and O–H groups in total. The molecule has 31 heavy (non-hydrogen) atoms. The van der Waals surface area contributed by atoms with E-state index in [1.807, 2.05) is 24.3 Å². The first-order chi connectivity index (χ1) is 14.7. The third-order valence-electron chi connectivity index (χ3n) is 5.47. The number of nitrogens with zero attached hydrogens (tertiary/aromatic N) is 1. The summed E-state index contributed by atoms with van der Waals surface area (Å²) < 4.78 is 36.8. The smallest absolute Gasteiger partial charge is 0.214 e. The van der Waals surface area contributed by atoms with E-state index in [-0.39, 0.29) is 43.4 Å². The van der Waals surface area contributed by atoms with E-state index in [1.165, 1.54) is 4.31 Å². The molecular weight excluding hydrogens is 461 g/mol. The molecule has 1 aliphatic carbocycles. The van der Waals surface area contributed by atoms with Crippen molar-refractivity contribution in [1.29, 1.82) is 0 Å². The van der Waals surface area contributed by atoms with Gasteiger partial charge in [-0.15, -0.1) is 0 Å². The Morgan fingerprint density at radius 1 is 0.935 bits per heavy atom. The second kappa shape index (κ2) is 9.77. The van der Waals surface area contributed by atoms with Crippen LogP contribution < -0.4 is 9.47 Å². The zero-order chi connectivity index (χ0) is 22.6. The molecule has 1 unspecified atom stereocenters. The average Bonchev–Trinajstić information content (AvgIpc) is 2.77. The fourth-order valence-corrected chi connectivity index (χ4v) is 5.47. The molecule has 0 amide bonds. The van der Waals surface area contributed by atoms with Gasteiger partial charge in [0.1, 0.15) is 11.5 Å². The predicted octanol–water partition coefficient (Wildman–Crippen LogP) is 4.19. The quantitative estimate of drug-likeness (QED) is 0.471. The third kappa shape index (κ3) is 5.71. The lowest BCUT2D eigenvalue weighted by Gasteiger charge is -2.38. The molecule has 0 radical (unpaired) electrons. The Bertz CT molecular complexity index is 958. The second-order valence-corrected chi connectivity index (χ2v) is 11.0. The van der Waals surface area contributed by atoms with Gasteiger partial charge in [0, 0.05) is 25.4 Å². The van der Waals surface area contributed by atoms with Crippen LogP contribution in [0.5, 0.6) is 11.5 Å². The molecule has 0 heterocycles. The summed E-state index contributed by atoms with van der Waals surface area (Å²) in [6.07, 6.45) is 0.433. The van der Waals surface area contributed by atoms with Crippen molar-refractivity contribution in [3.05, 3.63) is 59.7 Å². The van der Waals surface area contributed by atoms with Crippen LogP contribution in [0.15, 0.2) is 48.5 Å². The van der Waals surface area contributed by atoms with Crippen molar-refractivity contribution >= 4 is 39.0 Å². The number of ether oxygens (including phenoxy) is 2. The number of sulfonamides is 1. The van der Waals surface area contributed by atoms with E-state index in [1.54, 1.807) is 38.5 Å². The van der Waals surface area contributed by atoms with Crippen molar-refractivity contribution in [2.24, 2.45) is 5.92 Å². The number of halogens is 2. The molecule has 9 heteroatoms. The fraction of sp³-hybridized carbons (Fsp3) is 0.409. The zero-order valence-corrected chi connectivity index (χ0v) is 19.7. The Morgan fingerprint density at radius 2 is 1.39 bits per heavy atom. The molecule has 2 aromatic carbocycles. The number of carbonyl (C=O) groups is 1. The lowest BCUT2D eigenvalue weighted by Crippen LogP contribution is -2.48. The SMILES string of the molecule is COc1ccc(CN(Cc2ccc(OC)cc2)S(=O)(=O)CCC2CC(=O)C2(Cl)Cl)cc1. The summed E-state index contributed by atoms with van der Waals surface area (Å²) in [5.74, 6) is 0.638. The van der Waals surface area contributed by atoms with Crippen molar-refractivity contribution in [2.75, 3.05) is 20.0 Å². The van der Waals surface area contributed by atoms with E-state index >= 15 is 0 Å². The molecule has 0 aliphatic heterocycles. The zero-order valence-electron chi connectivity index (χ0n) is 17.4. The lowest BCUT2D eigenvalue weighted by atomic mass is 9.81. The van der Waals surface area contributed by atoms with Gasteiger partial charge in [0.15, 0.2) is 10.1 Å². The first-order valence-electron chi connectivity index (χ1n) is 9.80. The summed E-state index contributed by atoms with van der Waals surface area (Å²) in [4.78, 5) is 11.6. The number of carbonyl (C=O) groups excluding carboxylic acids is 1. The van der Waals surface area contributed by atoms with Gasteiger partial charge >= 0.3 is 0 Å². The Labute approximate surface area is 193 Å². The maximum absolute atomic E-state index is 13.2. The number of ketones is 1. The van der Waals surface area contributed by atoms with Crippen molar-refractivity contribution < 1.29 is 22.7 Å². The van der Waals surface area contributed by atoms with Crippen LogP contribution in [0.3, 0.4) is 0 Å². The number of hydrogen-bond donors (Lipinski definition) is 0. The standard InChI is InChI=1S/C22H25Cl2NO5S/c1-29-19-7-3-16(4-8-19)14-25(15-17-5-9-20(30-2)10-6-17)31(27,28)12-11-18-13-21(26)22(18,23)24/h3-10,18H,11-15H2,1-2H3. The van der Waals surface area contributed by atoms with Crippen LogP contribution in [0.4, 0.5) is 0 Å². The van der Waals surface area contributed by atoms with Gasteiger partial charge < -0.3 is 9.47 Å². The van der Waals surface area contributed by atoms with Gasteiger partial charge in [-0.2, -0.15) is 4.31 Å². The molecule has 0 saturated heterocycles. The number of methoxy groups -OCH3 is 2. The van der Waals surface area contributed by atoms with Crippen molar-refractivity contribution in [3.63, 3.8) is 0 Å². The van der Waals surface area contributed by atoms with Crippen LogP contribution >= 0.6 is 23.2 Å². The van der Waals surface area contributed by atoms with Gasteiger partial charge in [0.25, 0.3) is 0 Å². The van der Waals surface area contributed by atoms with Crippen molar-refractivity contribution in [3.8, 4) is 11.5 Å². The molecule has 1 atom stereocenters. The highest BCUT2D eigenvalue weighted by Gasteiger charge is 2.52. The summed E-state index contributed by atoms with van der Waals surface area (Å²) in [6.45, 7) is 0.406. The molecule has 1 aliphatic rings. The number of Topliss-reactive ketones (excluding diaryl/α,β-unsaturated/α-hetero) is 1. The first-order valence-corrected chi connectivity index (χ1v) is 12.2. The summed E-state index contributed by atoms with van der Waals surface area (Å²) in [7, 11) is -0.491. The Balaban J connectivity index is 1.77. The van der Waals surface area contributed by atoms with Gasteiger partial charge in [-0.05, 0) is 41.8 Å². The molecule has 1 fully saturated rings. The van der Waals surface area contributed by atoms with Crippen LogP contribution in [-0.2, 0) is 27.9 Å². The Hall–Kier alpha value is -1.80. The summed E-state index contributed by atoms with van der Waals surface area (Å²) in [5, 5.41) is 0. The number of alkyl halides is 2. The normalized spacial score (nSPS) is 18.0. The first kappa shape index (κ1) is 23.9. The maximum atomic E-state index is 13.2. The molecule has 0 bridgehead atoms. The number of rotatable bonds is 10. The molecule has 6 nitrogen and oxygen atoms in total. The van der Waals surface area contributed by atoms with Crippen LogP contribution in [0.2, 0.25) is 0 Å². The van der Waals surface area contributed by atoms with Crippen molar-refractivity contribution in [1.82, 2.24) is 4.31 Å². The van der Waals surface area contributed by atoms with E-state index in [0.717, 1.165) is 11.1 Å². The molecule has 0 spiro atoms.